The van der Waals surface area contributed by atoms with Crippen LogP contribution in [-0.4, -0.2) is 17.8 Å². The van der Waals surface area contributed by atoms with Gasteiger partial charge in [0.1, 0.15) is 0 Å². The van der Waals surface area contributed by atoms with E-state index in [-0.39, 0.29) is 26.7 Å². The van der Waals surface area contributed by atoms with Crippen LogP contribution in [0.3, 0.4) is 0 Å². The van der Waals surface area contributed by atoms with E-state index in [0.717, 1.165) is 30.0 Å². The third-order valence-corrected chi connectivity index (χ3v) is 6.62. The molecule has 2 atom stereocenters. The number of fused-ring (bicyclic) bond motifs is 1. The van der Waals surface area contributed by atoms with Gasteiger partial charge in [-0.3, -0.25) is 0 Å². The van der Waals surface area contributed by atoms with Crippen molar-refractivity contribution in [2.75, 3.05) is 6.54 Å². The number of aryl methyl sites for hydroxylation is 1. The molecule has 0 saturated heterocycles. The zero-order valence-corrected chi connectivity index (χ0v) is 19.9. The summed E-state index contributed by atoms with van der Waals surface area (Å²) < 4.78 is 41.3. The molecule has 2 nitrogen and oxygen atoms in total. The number of alkyl halides is 3. The third-order valence-electron chi connectivity index (χ3n) is 5.16. The standard InChI is InChI=1S/C23H20Cl3F3N2S/c1-2-9-30-22(32)31-20-8-5-14-10-13(3-6-16(14)20)4-7-17(23(27,28)29)15-11-18(24)21(26)19(25)12-15/h2-4,6-7,10-12,17,20H,1,5,8-9H2,(H2,30,31,32)/b7-4+. The van der Waals surface area contributed by atoms with Gasteiger partial charge in [0.15, 0.2) is 5.11 Å². The lowest BCUT2D eigenvalue weighted by atomic mass is 9.96. The zero-order valence-electron chi connectivity index (χ0n) is 16.8. The number of benzene rings is 2. The van der Waals surface area contributed by atoms with Crippen molar-refractivity contribution < 1.29 is 13.2 Å². The second-order valence-corrected chi connectivity index (χ2v) is 8.97. The van der Waals surface area contributed by atoms with Crippen LogP contribution in [0.15, 0.2) is 49.1 Å². The molecule has 32 heavy (non-hydrogen) atoms. The Morgan fingerprint density at radius 1 is 1.19 bits per heavy atom. The van der Waals surface area contributed by atoms with Gasteiger partial charge in [0.05, 0.1) is 27.0 Å². The average Bonchev–Trinajstić information content (AvgIpc) is 3.11. The summed E-state index contributed by atoms with van der Waals surface area (Å²) in [7, 11) is 0. The molecule has 0 aliphatic heterocycles. The fraction of sp³-hybridized carbons (Fsp3) is 0.261. The van der Waals surface area contributed by atoms with Crippen molar-refractivity contribution in [1.82, 2.24) is 10.6 Å². The van der Waals surface area contributed by atoms with Crippen LogP contribution in [-0.2, 0) is 6.42 Å². The van der Waals surface area contributed by atoms with E-state index in [1.54, 1.807) is 12.1 Å². The smallest absolute Gasteiger partial charge is 0.359 e. The van der Waals surface area contributed by atoms with Crippen molar-refractivity contribution in [2.45, 2.75) is 31.0 Å². The first-order valence-corrected chi connectivity index (χ1v) is 11.3. The molecule has 0 spiro atoms. The summed E-state index contributed by atoms with van der Waals surface area (Å²) in [6.45, 7) is 4.21. The molecule has 3 rings (SSSR count). The Morgan fingerprint density at radius 3 is 2.50 bits per heavy atom. The molecule has 2 unspecified atom stereocenters. The number of thiocarbonyl (C=S) groups is 1. The SMILES string of the molecule is C=CCNC(=S)NC1CCc2cc(/C=C/C(c3cc(Cl)c(Cl)c(Cl)c3)C(F)(F)F)ccc21. The Hall–Kier alpha value is -1.73. The molecule has 2 N–H and O–H groups in total. The summed E-state index contributed by atoms with van der Waals surface area (Å²) in [4.78, 5) is 0. The molecule has 0 radical (unpaired) electrons. The summed E-state index contributed by atoms with van der Waals surface area (Å²) in [5.41, 5.74) is 2.78. The third kappa shape index (κ3) is 5.98. The minimum absolute atomic E-state index is 0.0200. The lowest BCUT2D eigenvalue weighted by Gasteiger charge is -2.18. The largest absolute Gasteiger partial charge is 0.399 e. The van der Waals surface area contributed by atoms with Crippen LogP contribution in [0.4, 0.5) is 13.2 Å². The van der Waals surface area contributed by atoms with Gasteiger partial charge in [0.2, 0.25) is 0 Å². The van der Waals surface area contributed by atoms with Crippen LogP contribution in [0.25, 0.3) is 6.08 Å². The second-order valence-electron chi connectivity index (χ2n) is 7.37. The highest BCUT2D eigenvalue weighted by molar-refractivity contribution is 7.80. The molecule has 2 aromatic rings. The van der Waals surface area contributed by atoms with Crippen molar-refractivity contribution in [2.24, 2.45) is 0 Å². The van der Waals surface area contributed by atoms with Gasteiger partial charge in [-0.25, -0.2) is 0 Å². The van der Waals surface area contributed by atoms with Crippen LogP contribution in [0.1, 0.15) is 40.6 Å². The molecular formula is C23H20Cl3F3N2S. The highest BCUT2D eigenvalue weighted by Gasteiger charge is 2.39. The molecule has 0 aromatic heterocycles. The maximum atomic E-state index is 13.8. The minimum Gasteiger partial charge on any atom is -0.359 e. The summed E-state index contributed by atoms with van der Waals surface area (Å²) in [5.74, 6) is -1.87. The van der Waals surface area contributed by atoms with Gasteiger partial charge >= 0.3 is 6.18 Å². The van der Waals surface area contributed by atoms with E-state index in [2.05, 4.69) is 17.2 Å². The highest BCUT2D eigenvalue weighted by Crippen LogP contribution is 2.41. The monoisotopic (exact) mass is 518 g/mol. The quantitative estimate of drug-likeness (QED) is 0.233. The Kier molecular flexibility index (Phi) is 8.15. The first-order valence-electron chi connectivity index (χ1n) is 9.77. The van der Waals surface area contributed by atoms with E-state index in [1.807, 2.05) is 12.1 Å². The van der Waals surface area contributed by atoms with E-state index < -0.39 is 12.1 Å². The molecule has 0 amide bonds. The van der Waals surface area contributed by atoms with Gasteiger partial charge in [-0.1, -0.05) is 71.2 Å². The summed E-state index contributed by atoms with van der Waals surface area (Å²) >= 11 is 23.0. The summed E-state index contributed by atoms with van der Waals surface area (Å²) in [6.07, 6.45) is 1.43. The van der Waals surface area contributed by atoms with Crippen LogP contribution in [0.2, 0.25) is 15.1 Å². The predicted molar refractivity (Wildman–Crippen MR) is 131 cm³/mol. The molecule has 2 aromatic carbocycles. The molecule has 0 heterocycles. The number of allylic oxidation sites excluding steroid dienone is 1. The highest BCUT2D eigenvalue weighted by atomic mass is 35.5. The first-order chi connectivity index (χ1) is 15.1. The first kappa shape index (κ1) is 24.9. The van der Waals surface area contributed by atoms with Crippen molar-refractivity contribution in [3.63, 3.8) is 0 Å². The number of hydrogen-bond donors (Lipinski definition) is 2. The Labute approximate surface area is 205 Å². The molecular weight excluding hydrogens is 500 g/mol. The molecule has 0 bridgehead atoms. The molecule has 1 aliphatic carbocycles. The number of rotatable bonds is 6. The van der Waals surface area contributed by atoms with Crippen LogP contribution in [0.5, 0.6) is 0 Å². The Bertz CT molecular complexity index is 1030. The molecule has 9 heteroatoms. The Balaban J connectivity index is 1.81. The van der Waals surface area contributed by atoms with Crippen molar-refractivity contribution in [3.8, 4) is 0 Å². The van der Waals surface area contributed by atoms with Crippen molar-refractivity contribution in [3.05, 3.63) is 86.4 Å². The van der Waals surface area contributed by atoms with E-state index >= 15 is 0 Å². The van der Waals surface area contributed by atoms with Crippen molar-refractivity contribution in [1.29, 1.82) is 0 Å². The van der Waals surface area contributed by atoms with Gasteiger partial charge in [-0.05, 0) is 59.4 Å². The van der Waals surface area contributed by atoms with Gasteiger partial charge in [0.25, 0.3) is 0 Å². The summed E-state index contributed by atoms with van der Waals surface area (Å²) in [6, 6.07) is 8.08. The van der Waals surface area contributed by atoms with Crippen LogP contribution >= 0.6 is 47.0 Å². The van der Waals surface area contributed by atoms with Gasteiger partial charge < -0.3 is 10.6 Å². The second kappa shape index (κ2) is 10.5. The lowest BCUT2D eigenvalue weighted by Crippen LogP contribution is -2.37. The summed E-state index contributed by atoms with van der Waals surface area (Å²) in [5, 5.41) is 6.83. The molecule has 170 valence electrons. The predicted octanol–water partition coefficient (Wildman–Crippen LogP) is 7.64. The topological polar surface area (TPSA) is 24.1 Å². The maximum absolute atomic E-state index is 13.8. The number of halogens is 6. The van der Waals surface area contributed by atoms with Crippen LogP contribution in [0, 0.1) is 0 Å². The van der Waals surface area contributed by atoms with E-state index in [0.29, 0.717) is 17.2 Å². The lowest BCUT2D eigenvalue weighted by molar-refractivity contribution is -0.139. The molecule has 0 fully saturated rings. The minimum atomic E-state index is -4.52. The van der Waals surface area contributed by atoms with Gasteiger partial charge in [-0.15, -0.1) is 6.58 Å². The maximum Gasteiger partial charge on any atom is 0.399 e. The molecule has 1 aliphatic rings. The van der Waals surface area contributed by atoms with Crippen LogP contribution < -0.4 is 10.6 Å². The number of hydrogen-bond acceptors (Lipinski definition) is 1. The fourth-order valence-electron chi connectivity index (χ4n) is 3.64. The van der Waals surface area contributed by atoms with Crippen molar-refractivity contribution >= 4 is 58.2 Å². The molecule has 0 saturated carbocycles. The van der Waals surface area contributed by atoms with E-state index in [1.165, 1.54) is 18.2 Å². The average molecular weight is 520 g/mol. The zero-order chi connectivity index (χ0) is 23.5. The van der Waals surface area contributed by atoms with E-state index in [4.69, 9.17) is 47.0 Å². The fourth-order valence-corrected chi connectivity index (χ4v) is 4.48. The van der Waals surface area contributed by atoms with Gasteiger partial charge in [-0.2, -0.15) is 13.2 Å². The van der Waals surface area contributed by atoms with Gasteiger partial charge in [0, 0.05) is 6.54 Å². The number of nitrogens with one attached hydrogen (secondary N) is 2. The normalized spacial score (nSPS) is 16.6. The Morgan fingerprint density at radius 2 is 1.88 bits per heavy atom. The van der Waals surface area contributed by atoms with E-state index in [9.17, 15) is 13.2 Å².